The minimum absolute atomic E-state index is 0.174. The van der Waals surface area contributed by atoms with Crippen LogP contribution in [-0.4, -0.2) is 33.3 Å². The molecule has 4 nitrogen and oxygen atoms in total. The molecule has 2 saturated heterocycles. The number of hydrogen-bond donors (Lipinski definition) is 2. The van der Waals surface area contributed by atoms with Gasteiger partial charge in [-0.05, 0) is 44.7 Å². The monoisotopic (exact) mass is 277 g/mol. The number of nitrogens with zero attached hydrogens (tertiary/aromatic N) is 2. The Kier molecular flexibility index (Phi) is 3.19. The zero-order chi connectivity index (χ0) is 13.6. The largest absolute Gasteiger partial charge is 0.393 e. The van der Waals surface area contributed by atoms with E-state index < -0.39 is 0 Å². The van der Waals surface area contributed by atoms with Crippen molar-refractivity contribution in [2.75, 3.05) is 4.90 Å². The molecule has 0 aromatic carbocycles. The van der Waals surface area contributed by atoms with Gasteiger partial charge < -0.3 is 15.7 Å². The summed E-state index contributed by atoms with van der Waals surface area (Å²) in [4.78, 5) is 7.40. The summed E-state index contributed by atoms with van der Waals surface area (Å²) in [7, 11) is 0. The number of piperidine rings is 1. The molecule has 2 aliphatic heterocycles. The summed E-state index contributed by atoms with van der Waals surface area (Å²) in [6.45, 7) is 1.98. The third kappa shape index (κ3) is 2.21. The van der Waals surface area contributed by atoms with Gasteiger partial charge in [0.05, 0.1) is 11.7 Å². The lowest BCUT2D eigenvalue weighted by atomic mass is 9.99. The summed E-state index contributed by atoms with van der Waals surface area (Å²) >= 11 is 5.14. The second kappa shape index (κ2) is 4.72. The van der Waals surface area contributed by atoms with Crippen LogP contribution < -0.4 is 10.6 Å². The van der Waals surface area contributed by atoms with Crippen molar-refractivity contribution in [3.8, 4) is 0 Å². The van der Waals surface area contributed by atoms with Gasteiger partial charge in [-0.25, -0.2) is 4.98 Å². The van der Waals surface area contributed by atoms with Crippen LogP contribution in [0.15, 0.2) is 12.1 Å². The highest BCUT2D eigenvalue weighted by Crippen LogP contribution is 2.39. The fourth-order valence-corrected chi connectivity index (χ4v) is 3.59. The maximum absolute atomic E-state index is 9.89. The molecule has 2 atom stereocenters. The van der Waals surface area contributed by atoms with E-state index in [4.69, 9.17) is 18.0 Å². The van der Waals surface area contributed by atoms with E-state index in [0.29, 0.717) is 17.1 Å². The number of hydrogen-bond acceptors (Lipinski definition) is 4. The quantitative estimate of drug-likeness (QED) is 0.803. The van der Waals surface area contributed by atoms with Gasteiger partial charge in [0.1, 0.15) is 10.8 Å². The Labute approximate surface area is 118 Å². The number of aryl methyl sites for hydroxylation is 1. The van der Waals surface area contributed by atoms with E-state index >= 15 is 0 Å². The summed E-state index contributed by atoms with van der Waals surface area (Å²) in [6.07, 6.45) is 3.71. The molecule has 19 heavy (non-hydrogen) atoms. The molecule has 2 unspecified atom stereocenters. The van der Waals surface area contributed by atoms with E-state index in [-0.39, 0.29) is 6.10 Å². The van der Waals surface area contributed by atoms with Crippen LogP contribution in [0.3, 0.4) is 0 Å². The van der Waals surface area contributed by atoms with Crippen LogP contribution in [0.4, 0.5) is 5.82 Å². The summed E-state index contributed by atoms with van der Waals surface area (Å²) in [5.74, 6) is 0.909. The molecule has 3 heterocycles. The van der Waals surface area contributed by atoms with Crippen molar-refractivity contribution in [2.24, 2.45) is 5.73 Å². The van der Waals surface area contributed by atoms with Crippen LogP contribution in [0.2, 0.25) is 0 Å². The fraction of sp³-hybridized carbons (Fsp3) is 0.571. The van der Waals surface area contributed by atoms with E-state index in [1.54, 1.807) is 0 Å². The number of aromatic nitrogens is 1. The Morgan fingerprint density at radius 2 is 2.00 bits per heavy atom. The van der Waals surface area contributed by atoms with E-state index in [2.05, 4.69) is 9.88 Å². The standard InChI is InChI=1S/C14H19N3OS/c1-8-2-5-12(13(15)19)14(16-8)17-9-3-4-10(17)7-11(18)6-9/h2,5,9-11,18H,3-4,6-7H2,1H3,(H2,15,19). The lowest BCUT2D eigenvalue weighted by molar-refractivity contribution is 0.126. The smallest absolute Gasteiger partial charge is 0.139 e. The molecule has 0 saturated carbocycles. The minimum Gasteiger partial charge on any atom is -0.393 e. The number of aliphatic hydroxyl groups excluding tert-OH is 1. The van der Waals surface area contributed by atoms with Crippen molar-refractivity contribution in [1.82, 2.24) is 4.98 Å². The predicted molar refractivity (Wildman–Crippen MR) is 79.4 cm³/mol. The highest BCUT2D eigenvalue weighted by molar-refractivity contribution is 7.80. The van der Waals surface area contributed by atoms with Gasteiger partial charge in [0.2, 0.25) is 0 Å². The summed E-state index contributed by atoms with van der Waals surface area (Å²) < 4.78 is 0. The average molecular weight is 277 g/mol. The van der Waals surface area contributed by atoms with Gasteiger partial charge >= 0.3 is 0 Å². The zero-order valence-electron chi connectivity index (χ0n) is 11.0. The van der Waals surface area contributed by atoms with Crippen molar-refractivity contribution in [3.63, 3.8) is 0 Å². The molecule has 0 radical (unpaired) electrons. The number of anilines is 1. The van der Waals surface area contributed by atoms with Crippen molar-refractivity contribution >= 4 is 23.0 Å². The normalized spacial score (nSPS) is 29.6. The minimum atomic E-state index is -0.174. The van der Waals surface area contributed by atoms with Gasteiger partial charge in [0.15, 0.2) is 0 Å². The zero-order valence-corrected chi connectivity index (χ0v) is 11.9. The number of thiocarbonyl (C=S) groups is 1. The van der Waals surface area contributed by atoms with E-state index in [1.807, 2.05) is 19.1 Å². The first-order valence-corrected chi connectivity index (χ1v) is 7.21. The van der Waals surface area contributed by atoms with E-state index in [0.717, 1.165) is 42.8 Å². The van der Waals surface area contributed by atoms with Gasteiger partial charge in [-0.15, -0.1) is 0 Å². The van der Waals surface area contributed by atoms with Crippen LogP contribution in [0.5, 0.6) is 0 Å². The first-order chi connectivity index (χ1) is 9.06. The maximum Gasteiger partial charge on any atom is 0.139 e. The van der Waals surface area contributed by atoms with Gasteiger partial charge in [-0.3, -0.25) is 0 Å². The molecule has 102 valence electrons. The summed E-state index contributed by atoms with van der Waals surface area (Å²) in [5.41, 5.74) is 7.65. The third-order valence-corrected chi connectivity index (χ3v) is 4.45. The molecular formula is C14H19N3OS. The van der Waals surface area contributed by atoms with E-state index in [1.165, 1.54) is 0 Å². The van der Waals surface area contributed by atoms with Crippen LogP contribution in [0, 0.1) is 6.92 Å². The number of aliphatic hydroxyl groups is 1. The molecule has 2 fully saturated rings. The highest BCUT2D eigenvalue weighted by atomic mass is 32.1. The van der Waals surface area contributed by atoms with Crippen molar-refractivity contribution < 1.29 is 5.11 Å². The van der Waals surface area contributed by atoms with Gasteiger partial charge in [0, 0.05) is 17.8 Å². The molecular weight excluding hydrogens is 258 g/mol. The predicted octanol–water partition coefficient (Wildman–Crippen LogP) is 1.52. The fourth-order valence-electron chi connectivity index (χ4n) is 3.43. The van der Waals surface area contributed by atoms with Crippen LogP contribution in [0.25, 0.3) is 0 Å². The second-order valence-electron chi connectivity index (χ2n) is 5.61. The van der Waals surface area contributed by atoms with Crippen LogP contribution >= 0.6 is 12.2 Å². The Bertz CT molecular complexity index is 505. The Morgan fingerprint density at radius 3 is 2.58 bits per heavy atom. The molecule has 2 aliphatic rings. The first-order valence-electron chi connectivity index (χ1n) is 6.80. The number of fused-ring (bicyclic) bond motifs is 2. The number of nitrogens with two attached hydrogens (primary N) is 1. The van der Waals surface area contributed by atoms with Crippen molar-refractivity contribution in [2.45, 2.75) is 50.8 Å². The second-order valence-corrected chi connectivity index (χ2v) is 6.05. The molecule has 2 bridgehead atoms. The molecule has 0 aliphatic carbocycles. The lowest BCUT2D eigenvalue weighted by Crippen LogP contribution is -2.46. The Hall–Kier alpha value is -1.20. The van der Waals surface area contributed by atoms with Gasteiger partial charge in [-0.2, -0.15) is 0 Å². The SMILES string of the molecule is Cc1ccc(C(N)=S)c(N2C3CCC2CC(O)C3)n1. The molecule has 1 aromatic heterocycles. The lowest BCUT2D eigenvalue weighted by Gasteiger charge is -2.39. The van der Waals surface area contributed by atoms with Gasteiger partial charge in [0.25, 0.3) is 0 Å². The number of rotatable bonds is 2. The Morgan fingerprint density at radius 1 is 1.37 bits per heavy atom. The van der Waals surface area contributed by atoms with Crippen molar-refractivity contribution in [3.05, 3.63) is 23.4 Å². The van der Waals surface area contributed by atoms with Gasteiger partial charge in [-0.1, -0.05) is 12.2 Å². The number of pyridine rings is 1. The van der Waals surface area contributed by atoms with Crippen molar-refractivity contribution in [1.29, 1.82) is 0 Å². The maximum atomic E-state index is 9.89. The summed E-state index contributed by atoms with van der Waals surface area (Å²) in [6, 6.07) is 4.65. The van der Waals surface area contributed by atoms with E-state index in [9.17, 15) is 5.11 Å². The third-order valence-electron chi connectivity index (χ3n) is 4.23. The van der Waals surface area contributed by atoms with Crippen LogP contribution in [-0.2, 0) is 0 Å². The Balaban J connectivity index is 2.03. The average Bonchev–Trinajstić information content (AvgIpc) is 2.61. The molecule has 0 amide bonds. The first kappa shape index (κ1) is 12.8. The highest BCUT2D eigenvalue weighted by Gasteiger charge is 2.41. The molecule has 0 spiro atoms. The molecule has 1 aromatic rings. The molecule has 3 rings (SSSR count). The topological polar surface area (TPSA) is 62.4 Å². The molecule has 5 heteroatoms. The molecule has 3 N–H and O–H groups in total. The summed E-state index contributed by atoms with van der Waals surface area (Å²) in [5, 5.41) is 9.89. The van der Waals surface area contributed by atoms with Crippen LogP contribution in [0.1, 0.15) is 36.9 Å².